The number of rotatable bonds is 10. The predicted octanol–water partition coefficient (Wildman–Crippen LogP) is 2.24. The Bertz CT molecular complexity index is 467. The standard InChI is InChI=1S/C15H25N3O4/c1-4-9-18(10-5-2)14(19)7-6-8-15(20)21-11-13-12(3)16-22-17-13/h4-11H2,1-3H3. The Kier molecular flexibility index (Phi) is 8.17. The lowest BCUT2D eigenvalue weighted by Crippen LogP contribution is -2.32. The molecule has 7 nitrogen and oxygen atoms in total. The average Bonchev–Trinajstić information content (AvgIpc) is 2.90. The molecule has 0 N–H and O–H groups in total. The molecule has 22 heavy (non-hydrogen) atoms. The van der Waals surface area contributed by atoms with Crippen molar-refractivity contribution in [1.29, 1.82) is 0 Å². The van der Waals surface area contributed by atoms with E-state index in [0.29, 0.717) is 24.2 Å². The van der Waals surface area contributed by atoms with Crippen LogP contribution in [0.5, 0.6) is 0 Å². The molecule has 0 saturated heterocycles. The Hall–Kier alpha value is -1.92. The van der Waals surface area contributed by atoms with Crippen LogP contribution in [0.3, 0.4) is 0 Å². The minimum absolute atomic E-state index is 0.0555. The summed E-state index contributed by atoms with van der Waals surface area (Å²) in [4.78, 5) is 25.5. The number of hydrogen-bond acceptors (Lipinski definition) is 6. The van der Waals surface area contributed by atoms with E-state index >= 15 is 0 Å². The second kappa shape index (κ2) is 9.92. The second-order valence-corrected chi connectivity index (χ2v) is 5.19. The molecule has 1 aromatic rings. The number of nitrogens with zero attached hydrogens (tertiary/aromatic N) is 3. The van der Waals surface area contributed by atoms with E-state index in [1.54, 1.807) is 6.92 Å². The average molecular weight is 311 g/mol. The number of carbonyl (C=O) groups excluding carboxylic acids is 2. The van der Waals surface area contributed by atoms with E-state index in [4.69, 9.17) is 4.74 Å². The molecule has 0 unspecified atom stereocenters. The van der Waals surface area contributed by atoms with Crippen molar-refractivity contribution < 1.29 is 19.0 Å². The number of hydrogen-bond donors (Lipinski definition) is 0. The Balaban J connectivity index is 2.23. The van der Waals surface area contributed by atoms with Crippen LogP contribution in [-0.2, 0) is 20.9 Å². The van der Waals surface area contributed by atoms with Gasteiger partial charge in [-0.2, -0.15) is 0 Å². The van der Waals surface area contributed by atoms with E-state index in [1.165, 1.54) is 0 Å². The zero-order valence-corrected chi connectivity index (χ0v) is 13.6. The van der Waals surface area contributed by atoms with Gasteiger partial charge < -0.3 is 9.64 Å². The predicted molar refractivity (Wildman–Crippen MR) is 79.8 cm³/mol. The van der Waals surface area contributed by atoms with Gasteiger partial charge >= 0.3 is 5.97 Å². The number of esters is 1. The van der Waals surface area contributed by atoms with Crippen LogP contribution < -0.4 is 0 Å². The van der Waals surface area contributed by atoms with Crippen LogP contribution >= 0.6 is 0 Å². The SMILES string of the molecule is CCCN(CCC)C(=O)CCCC(=O)OCc1nonc1C. The van der Waals surface area contributed by atoms with Gasteiger partial charge in [-0.3, -0.25) is 9.59 Å². The number of carbonyl (C=O) groups is 2. The molecule has 0 aliphatic heterocycles. The van der Waals surface area contributed by atoms with Crippen molar-refractivity contribution in [1.82, 2.24) is 15.2 Å². The lowest BCUT2D eigenvalue weighted by molar-refractivity contribution is -0.145. The maximum absolute atomic E-state index is 12.0. The zero-order valence-electron chi connectivity index (χ0n) is 13.6. The molecule has 1 rings (SSSR count). The first-order valence-corrected chi connectivity index (χ1v) is 7.79. The van der Waals surface area contributed by atoms with Gasteiger partial charge in [-0.1, -0.05) is 24.2 Å². The summed E-state index contributed by atoms with van der Waals surface area (Å²) >= 11 is 0. The lowest BCUT2D eigenvalue weighted by atomic mass is 10.2. The molecular formula is C15H25N3O4. The fourth-order valence-electron chi connectivity index (χ4n) is 2.04. The van der Waals surface area contributed by atoms with E-state index in [0.717, 1.165) is 25.9 Å². The fraction of sp³-hybridized carbons (Fsp3) is 0.733. The van der Waals surface area contributed by atoms with E-state index < -0.39 is 0 Å². The molecule has 0 radical (unpaired) electrons. The van der Waals surface area contributed by atoms with Gasteiger partial charge in [-0.05, 0) is 26.2 Å². The summed E-state index contributed by atoms with van der Waals surface area (Å²) in [6.07, 6.45) is 2.98. The van der Waals surface area contributed by atoms with Gasteiger partial charge in [0.25, 0.3) is 0 Å². The van der Waals surface area contributed by atoms with E-state index in [2.05, 4.69) is 14.9 Å². The smallest absolute Gasteiger partial charge is 0.306 e. The summed E-state index contributed by atoms with van der Waals surface area (Å²) in [7, 11) is 0. The summed E-state index contributed by atoms with van der Waals surface area (Å²) in [5.41, 5.74) is 1.12. The van der Waals surface area contributed by atoms with Gasteiger partial charge in [0, 0.05) is 25.9 Å². The molecule has 0 bridgehead atoms. The molecule has 0 aromatic carbocycles. The Morgan fingerprint density at radius 2 is 1.82 bits per heavy atom. The molecule has 0 saturated carbocycles. The quantitative estimate of drug-likeness (QED) is 0.616. The van der Waals surface area contributed by atoms with E-state index in [9.17, 15) is 9.59 Å². The van der Waals surface area contributed by atoms with Crippen LogP contribution in [0.15, 0.2) is 4.63 Å². The Labute approximate surface area is 131 Å². The summed E-state index contributed by atoms with van der Waals surface area (Å²) in [6.45, 7) is 7.43. The van der Waals surface area contributed by atoms with Crippen LogP contribution in [0.25, 0.3) is 0 Å². The second-order valence-electron chi connectivity index (χ2n) is 5.19. The topological polar surface area (TPSA) is 85.5 Å². The van der Waals surface area contributed by atoms with Crippen molar-refractivity contribution in [3.05, 3.63) is 11.4 Å². The molecule has 0 atom stereocenters. The van der Waals surface area contributed by atoms with E-state index in [-0.39, 0.29) is 24.9 Å². The zero-order chi connectivity index (χ0) is 16.4. The maximum atomic E-state index is 12.0. The first kappa shape index (κ1) is 18.1. The number of ether oxygens (including phenoxy) is 1. The molecule has 7 heteroatoms. The van der Waals surface area contributed by atoms with Crippen LogP contribution in [0, 0.1) is 6.92 Å². The third-order valence-corrected chi connectivity index (χ3v) is 3.23. The molecule has 1 aromatic heterocycles. The first-order valence-electron chi connectivity index (χ1n) is 7.79. The molecule has 0 fully saturated rings. The molecular weight excluding hydrogens is 286 g/mol. The minimum Gasteiger partial charge on any atom is -0.459 e. The third-order valence-electron chi connectivity index (χ3n) is 3.23. The van der Waals surface area contributed by atoms with E-state index in [1.807, 2.05) is 18.7 Å². The summed E-state index contributed by atoms with van der Waals surface area (Å²) in [5, 5.41) is 7.24. The Morgan fingerprint density at radius 1 is 1.14 bits per heavy atom. The normalized spacial score (nSPS) is 10.5. The van der Waals surface area contributed by atoms with Crippen molar-refractivity contribution in [2.24, 2.45) is 0 Å². The highest BCUT2D eigenvalue weighted by molar-refractivity contribution is 5.77. The first-order chi connectivity index (χ1) is 10.6. The highest BCUT2D eigenvalue weighted by Crippen LogP contribution is 2.07. The van der Waals surface area contributed by atoms with Crippen LogP contribution in [0.2, 0.25) is 0 Å². The highest BCUT2D eigenvalue weighted by atomic mass is 16.6. The minimum atomic E-state index is -0.340. The van der Waals surface area contributed by atoms with Crippen LogP contribution in [-0.4, -0.2) is 40.2 Å². The number of aromatic nitrogens is 2. The molecule has 0 aliphatic carbocycles. The number of aryl methyl sites for hydroxylation is 1. The van der Waals surface area contributed by atoms with Crippen molar-refractivity contribution >= 4 is 11.9 Å². The van der Waals surface area contributed by atoms with Gasteiger partial charge in [-0.25, -0.2) is 4.63 Å². The third kappa shape index (κ3) is 6.24. The van der Waals surface area contributed by atoms with Crippen molar-refractivity contribution in [3.63, 3.8) is 0 Å². The maximum Gasteiger partial charge on any atom is 0.306 e. The molecule has 0 spiro atoms. The monoisotopic (exact) mass is 311 g/mol. The van der Waals surface area contributed by atoms with Gasteiger partial charge in [0.05, 0.1) is 0 Å². The summed E-state index contributed by atoms with van der Waals surface area (Å²) < 4.78 is 9.60. The van der Waals surface area contributed by atoms with Gasteiger partial charge in [0.1, 0.15) is 18.0 Å². The van der Waals surface area contributed by atoms with Gasteiger partial charge in [0.2, 0.25) is 5.91 Å². The van der Waals surface area contributed by atoms with Gasteiger partial charge in [-0.15, -0.1) is 0 Å². The van der Waals surface area contributed by atoms with Crippen molar-refractivity contribution in [3.8, 4) is 0 Å². The molecule has 1 amide bonds. The largest absolute Gasteiger partial charge is 0.459 e. The van der Waals surface area contributed by atoms with Crippen molar-refractivity contribution in [2.75, 3.05) is 13.1 Å². The van der Waals surface area contributed by atoms with Crippen molar-refractivity contribution in [2.45, 2.75) is 59.5 Å². The molecule has 124 valence electrons. The summed E-state index contributed by atoms with van der Waals surface area (Å²) in [5.74, 6) is -0.235. The van der Waals surface area contributed by atoms with Gasteiger partial charge in [0.15, 0.2) is 0 Å². The summed E-state index contributed by atoms with van der Waals surface area (Å²) in [6, 6.07) is 0. The van der Waals surface area contributed by atoms with Crippen LogP contribution in [0.4, 0.5) is 0 Å². The Morgan fingerprint density at radius 3 is 2.36 bits per heavy atom. The molecule has 1 heterocycles. The highest BCUT2D eigenvalue weighted by Gasteiger charge is 2.13. The number of amides is 1. The lowest BCUT2D eigenvalue weighted by Gasteiger charge is -2.21. The fourth-order valence-corrected chi connectivity index (χ4v) is 2.04. The molecule has 0 aliphatic rings. The van der Waals surface area contributed by atoms with Crippen LogP contribution in [0.1, 0.15) is 57.3 Å².